The van der Waals surface area contributed by atoms with Crippen molar-refractivity contribution in [1.82, 2.24) is 34.6 Å². The molecule has 5 rings (SSSR count). The summed E-state index contributed by atoms with van der Waals surface area (Å²) in [5.41, 5.74) is 3.24. The quantitative estimate of drug-likeness (QED) is 0.221. The molecule has 1 unspecified atom stereocenters. The Morgan fingerprint density at radius 2 is 1.84 bits per heavy atom. The molecule has 0 bridgehead atoms. The molecule has 45 heavy (non-hydrogen) atoms. The number of aromatic nitrogens is 4. The largest absolute Gasteiger partial charge is 0.466 e. The summed E-state index contributed by atoms with van der Waals surface area (Å²) >= 11 is 0. The van der Waals surface area contributed by atoms with Gasteiger partial charge in [0.2, 0.25) is 0 Å². The van der Waals surface area contributed by atoms with Crippen LogP contribution in [0.3, 0.4) is 0 Å². The Labute approximate surface area is 270 Å². The van der Waals surface area contributed by atoms with E-state index in [0.29, 0.717) is 36.8 Å². The van der Waals surface area contributed by atoms with Gasteiger partial charge in [-0.1, -0.05) is 45.0 Å². The highest BCUT2D eigenvalue weighted by atomic mass is 16.5. The van der Waals surface area contributed by atoms with Gasteiger partial charge in [-0.3, -0.25) is 4.79 Å². The van der Waals surface area contributed by atoms with Crippen molar-refractivity contribution in [2.24, 2.45) is 10.8 Å². The van der Waals surface area contributed by atoms with E-state index in [9.17, 15) is 4.79 Å². The molecular weight excluding hydrogens is 562 g/mol. The number of aromatic amines is 1. The van der Waals surface area contributed by atoms with E-state index in [1.54, 1.807) is 0 Å². The summed E-state index contributed by atoms with van der Waals surface area (Å²) in [5.74, 6) is 1.85. The highest BCUT2D eigenvalue weighted by Gasteiger charge is 2.40. The molecule has 9 heteroatoms. The van der Waals surface area contributed by atoms with Gasteiger partial charge in [-0.05, 0) is 87.2 Å². The Bertz CT molecular complexity index is 1320. The Morgan fingerprint density at radius 3 is 2.58 bits per heavy atom. The first-order chi connectivity index (χ1) is 21.7. The standard InChI is InChI=1S/C36H55N7O2/c1-5-45-33(44)11-10-29-8-6-9-30(24-29)26-40-31(34-38-15-16-39-34)25-32-37-17-23-43(32)19-7-18-41-20-12-36(28-41)13-21-42(22-14-36)27-35(2,3)4/h6,8-9,15-17,23-24,31,40H,5,7,10-14,18-22,25-28H2,1-4H3,(H,38,39). The van der Waals surface area contributed by atoms with Crippen LogP contribution in [0.15, 0.2) is 49.1 Å². The van der Waals surface area contributed by atoms with E-state index >= 15 is 0 Å². The van der Waals surface area contributed by atoms with E-state index in [-0.39, 0.29) is 12.0 Å². The Hall–Kier alpha value is -3.01. The van der Waals surface area contributed by atoms with E-state index in [0.717, 1.165) is 43.1 Å². The SMILES string of the molecule is CCOC(=O)CCc1cccc(CNC(Cc2nccn2CCCN2CCC3(CCN(CC(C)(C)C)CC3)C2)c2ncc[nH]2)c1. The first-order valence-electron chi connectivity index (χ1n) is 17.1. The van der Waals surface area contributed by atoms with Crippen LogP contribution in [0.4, 0.5) is 0 Å². The molecule has 246 valence electrons. The number of benzene rings is 1. The van der Waals surface area contributed by atoms with Crippen LogP contribution in [0.1, 0.15) is 88.6 Å². The number of carbonyl (C=O) groups excluding carboxylic acids is 1. The molecule has 0 amide bonds. The van der Waals surface area contributed by atoms with Gasteiger partial charge in [-0.25, -0.2) is 9.97 Å². The van der Waals surface area contributed by atoms with Crippen molar-refractivity contribution in [2.75, 3.05) is 45.9 Å². The van der Waals surface area contributed by atoms with Gasteiger partial charge in [-0.15, -0.1) is 0 Å². The van der Waals surface area contributed by atoms with E-state index in [1.807, 2.05) is 25.5 Å². The molecule has 1 aromatic carbocycles. The van der Waals surface area contributed by atoms with Crippen LogP contribution >= 0.6 is 0 Å². The van der Waals surface area contributed by atoms with Gasteiger partial charge < -0.3 is 29.4 Å². The van der Waals surface area contributed by atoms with Crippen molar-refractivity contribution >= 4 is 5.97 Å². The Balaban J connectivity index is 1.10. The second-order valence-electron chi connectivity index (χ2n) is 14.5. The zero-order chi connectivity index (χ0) is 31.7. The normalized spacial score (nSPS) is 18.0. The number of likely N-dealkylation sites (tertiary alicyclic amines) is 2. The number of imidazole rings is 2. The summed E-state index contributed by atoms with van der Waals surface area (Å²) in [5, 5.41) is 3.72. The lowest BCUT2D eigenvalue weighted by Crippen LogP contribution is -2.44. The second-order valence-corrected chi connectivity index (χ2v) is 14.5. The van der Waals surface area contributed by atoms with E-state index < -0.39 is 0 Å². The molecule has 1 spiro atoms. The lowest BCUT2D eigenvalue weighted by atomic mass is 9.77. The lowest BCUT2D eigenvalue weighted by Gasteiger charge is -2.41. The summed E-state index contributed by atoms with van der Waals surface area (Å²) in [4.78, 5) is 29.9. The molecule has 2 saturated heterocycles. The van der Waals surface area contributed by atoms with Gasteiger partial charge in [-0.2, -0.15) is 0 Å². The number of rotatable bonds is 15. The van der Waals surface area contributed by atoms with Crippen molar-refractivity contribution in [3.05, 3.63) is 71.8 Å². The van der Waals surface area contributed by atoms with Crippen LogP contribution < -0.4 is 5.32 Å². The molecule has 2 aliphatic rings. The fourth-order valence-electron chi connectivity index (χ4n) is 7.21. The Kier molecular flexibility index (Phi) is 11.5. The molecule has 1 atom stereocenters. The van der Waals surface area contributed by atoms with Gasteiger partial charge in [0.15, 0.2) is 0 Å². The zero-order valence-corrected chi connectivity index (χ0v) is 28.1. The van der Waals surface area contributed by atoms with Crippen LogP contribution in [0.2, 0.25) is 0 Å². The number of hydrogen-bond acceptors (Lipinski definition) is 7. The summed E-state index contributed by atoms with van der Waals surface area (Å²) in [6.45, 7) is 18.4. The molecular formula is C36H55N7O2. The third-order valence-corrected chi connectivity index (χ3v) is 9.51. The average Bonchev–Trinajstić information content (AvgIpc) is 3.78. The summed E-state index contributed by atoms with van der Waals surface area (Å²) in [7, 11) is 0. The topological polar surface area (TPSA) is 91.3 Å². The highest BCUT2D eigenvalue weighted by Crippen LogP contribution is 2.40. The molecule has 0 saturated carbocycles. The number of hydrogen-bond donors (Lipinski definition) is 2. The molecule has 2 aliphatic heterocycles. The van der Waals surface area contributed by atoms with Crippen molar-refractivity contribution in [3.8, 4) is 0 Å². The zero-order valence-electron chi connectivity index (χ0n) is 28.1. The smallest absolute Gasteiger partial charge is 0.306 e. The predicted molar refractivity (Wildman–Crippen MR) is 179 cm³/mol. The van der Waals surface area contributed by atoms with Crippen LogP contribution in [0, 0.1) is 10.8 Å². The maximum atomic E-state index is 11.8. The molecule has 0 radical (unpaired) electrons. The fourth-order valence-corrected chi connectivity index (χ4v) is 7.21. The van der Waals surface area contributed by atoms with Gasteiger partial charge in [0.05, 0.1) is 12.6 Å². The molecule has 2 aromatic heterocycles. The summed E-state index contributed by atoms with van der Waals surface area (Å²) in [6.07, 6.45) is 14.8. The maximum absolute atomic E-state index is 11.8. The minimum Gasteiger partial charge on any atom is -0.466 e. The number of ether oxygens (including phenoxy) is 1. The van der Waals surface area contributed by atoms with Gasteiger partial charge in [0, 0.05) is 63.8 Å². The second kappa shape index (κ2) is 15.5. The van der Waals surface area contributed by atoms with Crippen LogP contribution in [0.25, 0.3) is 0 Å². The number of carbonyl (C=O) groups is 1. The lowest BCUT2D eigenvalue weighted by molar-refractivity contribution is -0.143. The number of piperidine rings is 1. The summed E-state index contributed by atoms with van der Waals surface area (Å²) in [6, 6.07) is 8.43. The number of H-pyrrole nitrogens is 1. The van der Waals surface area contributed by atoms with E-state index in [4.69, 9.17) is 9.72 Å². The number of esters is 1. The third kappa shape index (κ3) is 9.99. The summed E-state index contributed by atoms with van der Waals surface area (Å²) < 4.78 is 7.41. The molecule has 4 heterocycles. The Morgan fingerprint density at radius 1 is 1.07 bits per heavy atom. The maximum Gasteiger partial charge on any atom is 0.306 e. The minimum absolute atomic E-state index is 0.00642. The predicted octanol–water partition coefficient (Wildman–Crippen LogP) is 5.40. The van der Waals surface area contributed by atoms with Crippen molar-refractivity contribution in [2.45, 2.75) is 91.8 Å². The van der Waals surface area contributed by atoms with Crippen molar-refractivity contribution < 1.29 is 9.53 Å². The first kappa shape index (κ1) is 33.4. The van der Waals surface area contributed by atoms with Crippen molar-refractivity contribution in [3.63, 3.8) is 0 Å². The molecule has 9 nitrogen and oxygen atoms in total. The van der Waals surface area contributed by atoms with Crippen LogP contribution in [-0.2, 0) is 35.5 Å². The average molecular weight is 618 g/mol. The highest BCUT2D eigenvalue weighted by molar-refractivity contribution is 5.69. The molecule has 3 aromatic rings. The van der Waals surface area contributed by atoms with E-state index in [2.05, 4.69) is 80.9 Å². The van der Waals surface area contributed by atoms with Gasteiger partial charge >= 0.3 is 5.97 Å². The van der Waals surface area contributed by atoms with E-state index in [1.165, 1.54) is 57.5 Å². The number of nitrogens with one attached hydrogen (secondary N) is 2. The van der Waals surface area contributed by atoms with Crippen LogP contribution in [-0.4, -0.2) is 81.2 Å². The number of nitrogens with zero attached hydrogens (tertiary/aromatic N) is 5. The number of aryl methyl sites for hydroxylation is 2. The van der Waals surface area contributed by atoms with Gasteiger partial charge in [0.25, 0.3) is 0 Å². The molecule has 0 aliphatic carbocycles. The third-order valence-electron chi connectivity index (χ3n) is 9.51. The molecule has 2 fully saturated rings. The van der Waals surface area contributed by atoms with Gasteiger partial charge in [0.1, 0.15) is 11.6 Å². The minimum atomic E-state index is -0.147. The van der Waals surface area contributed by atoms with Crippen LogP contribution in [0.5, 0.6) is 0 Å². The fraction of sp³-hybridized carbons (Fsp3) is 0.639. The first-order valence-corrected chi connectivity index (χ1v) is 17.1. The molecule has 2 N–H and O–H groups in total. The van der Waals surface area contributed by atoms with Crippen molar-refractivity contribution in [1.29, 1.82) is 0 Å². The monoisotopic (exact) mass is 617 g/mol.